The van der Waals surface area contributed by atoms with Crippen molar-refractivity contribution in [1.82, 2.24) is 9.78 Å². The minimum absolute atomic E-state index is 0.721. The molecule has 0 radical (unpaired) electrons. The summed E-state index contributed by atoms with van der Waals surface area (Å²) < 4.78 is 1.91. The van der Waals surface area contributed by atoms with E-state index >= 15 is 0 Å². The Morgan fingerprint density at radius 1 is 1.50 bits per heavy atom. The van der Waals surface area contributed by atoms with Crippen LogP contribution in [0.5, 0.6) is 0 Å². The number of aryl methyl sites for hydroxylation is 2. The first-order chi connectivity index (χ1) is 5.66. The lowest BCUT2D eigenvalue weighted by molar-refractivity contribution is 0.729. The van der Waals surface area contributed by atoms with Gasteiger partial charge in [-0.3, -0.25) is 4.68 Å². The summed E-state index contributed by atoms with van der Waals surface area (Å²) in [5.74, 6) is 0.966. The van der Waals surface area contributed by atoms with Crippen molar-refractivity contribution >= 4 is 11.8 Å². The van der Waals surface area contributed by atoms with Gasteiger partial charge in [0.15, 0.2) is 0 Å². The third kappa shape index (κ3) is 1.81. The fourth-order valence-electron chi connectivity index (χ4n) is 1.12. The lowest BCUT2D eigenvalue weighted by atomic mass is 10.4. The van der Waals surface area contributed by atoms with Crippen molar-refractivity contribution < 1.29 is 0 Å². The second kappa shape index (κ2) is 3.96. The van der Waals surface area contributed by atoms with Crippen LogP contribution in [0.1, 0.15) is 11.4 Å². The molecule has 0 aliphatic rings. The summed E-state index contributed by atoms with van der Waals surface area (Å²) in [4.78, 5) is 1.28. The Balaban J connectivity index is 2.82. The average Bonchev–Trinajstić information content (AvgIpc) is 2.25. The van der Waals surface area contributed by atoms with Crippen LogP contribution >= 0.6 is 11.8 Å². The van der Waals surface area contributed by atoms with E-state index in [1.807, 2.05) is 18.7 Å². The lowest BCUT2D eigenvalue weighted by Crippen LogP contribution is -2.01. The van der Waals surface area contributed by atoms with Gasteiger partial charge in [-0.1, -0.05) is 0 Å². The monoisotopic (exact) mass is 185 g/mol. The predicted molar refractivity (Wildman–Crippen MR) is 52.5 cm³/mol. The molecule has 1 rings (SSSR count). The van der Waals surface area contributed by atoms with Crippen LogP contribution in [0.15, 0.2) is 4.90 Å². The average molecular weight is 185 g/mol. The molecule has 0 amide bonds. The highest BCUT2D eigenvalue weighted by Gasteiger charge is 2.08. The van der Waals surface area contributed by atoms with Crippen molar-refractivity contribution in [1.29, 1.82) is 0 Å². The molecule has 0 saturated heterocycles. The molecule has 0 bridgehead atoms. The molecular formula is C8H15N3S. The molecule has 0 atom stereocenters. The standard InChI is InChI=1S/C8H15N3S/c1-6-8(12-5-4-9)7(2)11(3)10-6/h4-5,9H2,1-3H3. The van der Waals surface area contributed by atoms with Crippen molar-refractivity contribution in [2.45, 2.75) is 18.7 Å². The number of thioether (sulfide) groups is 1. The maximum Gasteiger partial charge on any atom is 0.0732 e. The van der Waals surface area contributed by atoms with E-state index in [1.54, 1.807) is 11.8 Å². The Morgan fingerprint density at radius 2 is 2.17 bits per heavy atom. The summed E-state index contributed by atoms with van der Waals surface area (Å²) in [6, 6.07) is 0. The second-order valence-corrected chi connectivity index (χ2v) is 3.87. The molecule has 1 aromatic rings. The summed E-state index contributed by atoms with van der Waals surface area (Å²) in [5.41, 5.74) is 7.77. The molecule has 0 saturated carbocycles. The number of nitrogens with two attached hydrogens (primary N) is 1. The van der Waals surface area contributed by atoms with E-state index in [2.05, 4.69) is 12.0 Å². The fraction of sp³-hybridized carbons (Fsp3) is 0.625. The zero-order chi connectivity index (χ0) is 9.14. The molecule has 3 nitrogen and oxygen atoms in total. The Bertz CT molecular complexity index is 268. The summed E-state index contributed by atoms with van der Waals surface area (Å²) in [7, 11) is 1.97. The zero-order valence-electron chi connectivity index (χ0n) is 7.79. The fourth-order valence-corrected chi connectivity index (χ4v) is 2.04. The molecule has 0 fully saturated rings. The third-order valence-electron chi connectivity index (χ3n) is 1.81. The third-order valence-corrected chi connectivity index (χ3v) is 3.13. The molecule has 0 aromatic carbocycles. The van der Waals surface area contributed by atoms with Crippen LogP contribution in [0.4, 0.5) is 0 Å². The molecule has 2 N–H and O–H groups in total. The van der Waals surface area contributed by atoms with E-state index in [1.165, 1.54) is 10.6 Å². The highest BCUT2D eigenvalue weighted by molar-refractivity contribution is 7.99. The molecule has 0 spiro atoms. The molecule has 0 unspecified atom stereocenters. The van der Waals surface area contributed by atoms with E-state index in [0.717, 1.165) is 18.0 Å². The quantitative estimate of drug-likeness (QED) is 0.717. The molecule has 0 aliphatic carbocycles. The van der Waals surface area contributed by atoms with Gasteiger partial charge in [-0.05, 0) is 13.8 Å². The number of rotatable bonds is 3. The highest BCUT2D eigenvalue weighted by atomic mass is 32.2. The van der Waals surface area contributed by atoms with Crippen molar-refractivity contribution in [2.24, 2.45) is 12.8 Å². The number of hydrogen-bond acceptors (Lipinski definition) is 3. The van der Waals surface area contributed by atoms with Gasteiger partial charge in [0, 0.05) is 25.0 Å². The van der Waals surface area contributed by atoms with E-state index in [9.17, 15) is 0 Å². The normalized spacial score (nSPS) is 10.7. The summed E-state index contributed by atoms with van der Waals surface area (Å²) in [6.07, 6.45) is 0. The van der Waals surface area contributed by atoms with Crippen LogP contribution in [0.25, 0.3) is 0 Å². The first-order valence-corrected chi connectivity index (χ1v) is 4.98. The van der Waals surface area contributed by atoms with E-state index in [-0.39, 0.29) is 0 Å². The molecular weight excluding hydrogens is 170 g/mol. The van der Waals surface area contributed by atoms with Crippen LogP contribution in [0, 0.1) is 13.8 Å². The highest BCUT2D eigenvalue weighted by Crippen LogP contribution is 2.24. The maximum atomic E-state index is 5.44. The van der Waals surface area contributed by atoms with E-state index in [4.69, 9.17) is 5.73 Å². The lowest BCUT2D eigenvalue weighted by Gasteiger charge is -1.99. The zero-order valence-corrected chi connectivity index (χ0v) is 8.61. The largest absolute Gasteiger partial charge is 0.330 e. The Labute approximate surface area is 77.3 Å². The summed E-state index contributed by atoms with van der Waals surface area (Å²) >= 11 is 1.79. The van der Waals surface area contributed by atoms with Gasteiger partial charge in [-0.25, -0.2) is 0 Å². The van der Waals surface area contributed by atoms with Gasteiger partial charge in [0.25, 0.3) is 0 Å². The van der Waals surface area contributed by atoms with Gasteiger partial charge in [-0.15, -0.1) is 11.8 Å². The van der Waals surface area contributed by atoms with Crippen LogP contribution in [-0.4, -0.2) is 22.1 Å². The molecule has 68 valence electrons. The van der Waals surface area contributed by atoms with Crippen LogP contribution in [0.3, 0.4) is 0 Å². The first-order valence-electron chi connectivity index (χ1n) is 4.00. The Kier molecular flexibility index (Phi) is 3.17. The van der Waals surface area contributed by atoms with Gasteiger partial charge in [0.1, 0.15) is 0 Å². The topological polar surface area (TPSA) is 43.8 Å². The maximum absolute atomic E-state index is 5.44. The van der Waals surface area contributed by atoms with Crippen LogP contribution in [0.2, 0.25) is 0 Å². The summed E-state index contributed by atoms with van der Waals surface area (Å²) in [5, 5.41) is 4.32. The summed E-state index contributed by atoms with van der Waals surface area (Å²) in [6.45, 7) is 4.84. The minimum Gasteiger partial charge on any atom is -0.330 e. The van der Waals surface area contributed by atoms with Crippen molar-refractivity contribution in [3.63, 3.8) is 0 Å². The molecule has 12 heavy (non-hydrogen) atoms. The van der Waals surface area contributed by atoms with Crippen molar-refractivity contribution in [2.75, 3.05) is 12.3 Å². The number of nitrogens with zero attached hydrogens (tertiary/aromatic N) is 2. The van der Waals surface area contributed by atoms with Gasteiger partial charge < -0.3 is 5.73 Å². The van der Waals surface area contributed by atoms with E-state index < -0.39 is 0 Å². The molecule has 1 heterocycles. The Hall–Kier alpha value is -0.480. The van der Waals surface area contributed by atoms with Crippen LogP contribution < -0.4 is 5.73 Å². The molecule has 0 aliphatic heterocycles. The van der Waals surface area contributed by atoms with Gasteiger partial charge in [0.2, 0.25) is 0 Å². The van der Waals surface area contributed by atoms with Crippen molar-refractivity contribution in [3.8, 4) is 0 Å². The van der Waals surface area contributed by atoms with Crippen LogP contribution in [-0.2, 0) is 7.05 Å². The van der Waals surface area contributed by atoms with Crippen molar-refractivity contribution in [3.05, 3.63) is 11.4 Å². The van der Waals surface area contributed by atoms with Gasteiger partial charge >= 0.3 is 0 Å². The number of hydrogen-bond donors (Lipinski definition) is 1. The van der Waals surface area contributed by atoms with Gasteiger partial charge in [-0.2, -0.15) is 5.10 Å². The van der Waals surface area contributed by atoms with E-state index in [0.29, 0.717) is 0 Å². The number of aromatic nitrogens is 2. The molecule has 4 heteroatoms. The minimum atomic E-state index is 0.721. The van der Waals surface area contributed by atoms with Gasteiger partial charge in [0.05, 0.1) is 10.6 Å². The Morgan fingerprint density at radius 3 is 2.58 bits per heavy atom. The first kappa shape index (κ1) is 9.61. The second-order valence-electron chi connectivity index (χ2n) is 2.76. The SMILES string of the molecule is Cc1nn(C)c(C)c1SCCN. The predicted octanol–water partition coefficient (Wildman–Crippen LogP) is 1.09. The smallest absolute Gasteiger partial charge is 0.0732 e. The molecule has 1 aromatic heterocycles.